The Hall–Kier alpha value is -1.43. The number of phenolic OH excluding ortho intramolecular Hbond substituents is 1. The molecule has 0 saturated heterocycles. The van der Waals surface area contributed by atoms with Crippen molar-refractivity contribution in [1.29, 1.82) is 0 Å². The molecule has 2 N–H and O–H groups in total. The number of hydrogen-bond donors (Lipinski definition) is 2. The van der Waals surface area contributed by atoms with Crippen molar-refractivity contribution in [3.05, 3.63) is 52.0 Å². The van der Waals surface area contributed by atoms with Gasteiger partial charge in [0.1, 0.15) is 10.6 Å². The maximum Gasteiger partial charge on any atom is 0.263 e. The molecular formula is C13H11Cl2NO3S. The molecule has 0 heterocycles. The topological polar surface area (TPSA) is 66.4 Å². The highest BCUT2D eigenvalue weighted by Gasteiger charge is 2.18. The van der Waals surface area contributed by atoms with Crippen molar-refractivity contribution < 1.29 is 13.5 Å². The summed E-state index contributed by atoms with van der Waals surface area (Å²) in [6.07, 6.45) is 0. The quantitative estimate of drug-likeness (QED) is 0.898. The van der Waals surface area contributed by atoms with Gasteiger partial charge in [0.15, 0.2) is 0 Å². The first-order valence-corrected chi connectivity index (χ1v) is 7.81. The zero-order chi connectivity index (χ0) is 14.9. The highest BCUT2D eigenvalue weighted by molar-refractivity contribution is 7.92. The Labute approximate surface area is 127 Å². The summed E-state index contributed by atoms with van der Waals surface area (Å²) in [4.78, 5) is -0.119. The van der Waals surface area contributed by atoms with E-state index in [1.54, 1.807) is 19.1 Å². The van der Waals surface area contributed by atoms with Crippen LogP contribution in [-0.2, 0) is 10.0 Å². The van der Waals surface area contributed by atoms with Gasteiger partial charge in [-0.25, -0.2) is 8.42 Å². The third kappa shape index (κ3) is 3.17. The van der Waals surface area contributed by atoms with Gasteiger partial charge in [-0.3, -0.25) is 4.72 Å². The molecule has 0 amide bonds. The first-order valence-electron chi connectivity index (χ1n) is 5.57. The lowest BCUT2D eigenvalue weighted by Crippen LogP contribution is -2.13. The van der Waals surface area contributed by atoms with E-state index in [0.717, 1.165) is 0 Å². The Bertz CT molecular complexity index is 760. The van der Waals surface area contributed by atoms with E-state index in [0.29, 0.717) is 5.56 Å². The van der Waals surface area contributed by atoms with Gasteiger partial charge in [0.05, 0.1) is 10.7 Å². The number of anilines is 1. The van der Waals surface area contributed by atoms with Crippen LogP contribution in [0, 0.1) is 6.92 Å². The molecule has 0 radical (unpaired) electrons. The summed E-state index contributed by atoms with van der Waals surface area (Å²) in [6.45, 7) is 1.71. The summed E-state index contributed by atoms with van der Waals surface area (Å²) in [6, 6.07) is 8.65. The van der Waals surface area contributed by atoms with E-state index in [2.05, 4.69) is 4.72 Å². The molecule has 0 atom stereocenters. The lowest BCUT2D eigenvalue weighted by Gasteiger charge is -2.10. The molecular weight excluding hydrogens is 321 g/mol. The normalized spacial score (nSPS) is 11.3. The van der Waals surface area contributed by atoms with Crippen molar-refractivity contribution >= 4 is 38.9 Å². The van der Waals surface area contributed by atoms with E-state index in [-0.39, 0.29) is 26.4 Å². The highest BCUT2D eigenvalue weighted by atomic mass is 35.5. The van der Waals surface area contributed by atoms with E-state index in [1.165, 1.54) is 24.3 Å². The number of nitrogens with one attached hydrogen (secondary N) is 1. The molecule has 0 spiro atoms. The number of sulfonamides is 1. The van der Waals surface area contributed by atoms with Crippen LogP contribution >= 0.6 is 23.2 Å². The Balaban J connectivity index is 2.40. The summed E-state index contributed by atoms with van der Waals surface area (Å²) in [5.41, 5.74) is 0.887. The van der Waals surface area contributed by atoms with Crippen LogP contribution in [0.15, 0.2) is 41.3 Å². The van der Waals surface area contributed by atoms with Gasteiger partial charge in [-0.2, -0.15) is 0 Å². The molecule has 0 aliphatic carbocycles. The minimum absolute atomic E-state index is 0.00221. The van der Waals surface area contributed by atoms with Gasteiger partial charge in [0.25, 0.3) is 10.0 Å². The molecule has 106 valence electrons. The zero-order valence-corrected chi connectivity index (χ0v) is 12.7. The third-order valence-electron chi connectivity index (χ3n) is 2.64. The Morgan fingerprint density at radius 3 is 2.45 bits per heavy atom. The first-order chi connectivity index (χ1) is 9.29. The van der Waals surface area contributed by atoms with Crippen molar-refractivity contribution in [3.8, 4) is 5.75 Å². The molecule has 0 aliphatic rings. The first kappa shape index (κ1) is 15.0. The molecule has 20 heavy (non-hydrogen) atoms. The van der Waals surface area contributed by atoms with Crippen LogP contribution in [0.3, 0.4) is 0 Å². The van der Waals surface area contributed by atoms with Crippen LogP contribution in [0.4, 0.5) is 5.69 Å². The van der Waals surface area contributed by atoms with Crippen LogP contribution < -0.4 is 4.72 Å². The molecule has 2 aromatic carbocycles. The average Bonchev–Trinajstić information content (AvgIpc) is 2.36. The predicted molar refractivity (Wildman–Crippen MR) is 80.1 cm³/mol. The summed E-state index contributed by atoms with van der Waals surface area (Å²) in [7, 11) is -3.87. The summed E-state index contributed by atoms with van der Waals surface area (Å²) >= 11 is 11.7. The standard InChI is InChI=1S/C13H11Cl2NO3S/c1-8-2-4-10(7-12(8)17)16-20(18,19)13-6-9(14)3-5-11(13)15/h2-7,16-17H,1H3. The number of benzene rings is 2. The van der Waals surface area contributed by atoms with Crippen LogP contribution in [0.25, 0.3) is 0 Å². The van der Waals surface area contributed by atoms with Crippen molar-refractivity contribution in [2.45, 2.75) is 11.8 Å². The van der Waals surface area contributed by atoms with E-state index >= 15 is 0 Å². The Kier molecular flexibility index (Phi) is 4.13. The lowest BCUT2D eigenvalue weighted by molar-refractivity contribution is 0.471. The molecule has 2 aromatic rings. The maximum absolute atomic E-state index is 12.2. The Morgan fingerprint density at radius 1 is 1.10 bits per heavy atom. The van der Waals surface area contributed by atoms with Crippen molar-refractivity contribution in [2.75, 3.05) is 4.72 Å². The smallest absolute Gasteiger partial charge is 0.263 e. The number of rotatable bonds is 3. The van der Waals surface area contributed by atoms with E-state index < -0.39 is 10.0 Å². The molecule has 0 bridgehead atoms. The fourth-order valence-electron chi connectivity index (χ4n) is 1.57. The van der Waals surface area contributed by atoms with Crippen molar-refractivity contribution in [2.24, 2.45) is 0 Å². The van der Waals surface area contributed by atoms with Gasteiger partial charge in [-0.15, -0.1) is 0 Å². The maximum atomic E-state index is 12.2. The van der Waals surface area contributed by atoms with Gasteiger partial charge < -0.3 is 5.11 Å². The molecule has 7 heteroatoms. The van der Waals surface area contributed by atoms with E-state index in [9.17, 15) is 13.5 Å². The van der Waals surface area contributed by atoms with E-state index in [4.69, 9.17) is 23.2 Å². The number of aromatic hydroxyl groups is 1. The summed E-state index contributed by atoms with van der Waals surface area (Å²) in [5.74, 6) is 0.00221. The van der Waals surface area contributed by atoms with Gasteiger partial charge in [-0.1, -0.05) is 29.3 Å². The molecule has 0 unspecified atom stereocenters. The SMILES string of the molecule is Cc1ccc(NS(=O)(=O)c2cc(Cl)ccc2Cl)cc1O. The zero-order valence-electron chi connectivity index (χ0n) is 10.4. The Morgan fingerprint density at radius 2 is 1.80 bits per heavy atom. The fraction of sp³-hybridized carbons (Fsp3) is 0.0769. The number of aryl methyl sites for hydroxylation is 1. The number of phenols is 1. The van der Waals surface area contributed by atoms with Gasteiger partial charge in [-0.05, 0) is 36.8 Å². The third-order valence-corrected chi connectivity index (χ3v) is 4.74. The second-order valence-electron chi connectivity index (χ2n) is 4.18. The fourth-order valence-corrected chi connectivity index (χ4v) is 3.38. The monoisotopic (exact) mass is 331 g/mol. The molecule has 2 rings (SSSR count). The molecule has 4 nitrogen and oxygen atoms in total. The number of halogens is 2. The van der Waals surface area contributed by atoms with Crippen LogP contribution in [0.1, 0.15) is 5.56 Å². The minimum Gasteiger partial charge on any atom is -0.508 e. The van der Waals surface area contributed by atoms with Crippen LogP contribution in [0.5, 0.6) is 5.75 Å². The average molecular weight is 332 g/mol. The molecule has 0 fully saturated rings. The van der Waals surface area contributed by atoms with Gasteiger partial charge >= 0.3 is 0 Å². The molecule has 0 aromatic heterocycles. The van der Waals surface area contributed by atoms with Crippen molar-refractivity contribution in [3.63, 3.8) is 0 Å². The number of hydrogen-bond acceptors (Lipinski definition) is 3. The van der Waals surface area contributed by atoms with Crippen LogP contribution in [-0.4, -0.2) is 13.5 Å². The summed E-state index contributed by atoms with van der Waals surface area (Å²) < 4.78 is 26.8. The van der Waals surface area contributed by atoms with Crippen molar-refractivity contribution in [1.82, 2.24) is 0 Å². The predicted octanol–water partition coefficient (Wildman–Crippen LogP) is 3.81. The molecule has 0 saturated carbocycles. The largest absolute Gasteiger partial charge is 0.508 e. The second kappa shape index (κ2) is 5.52. The lowest BCUT2D eigenvalue weighted by atomic mass is 10.2. The highest BCUT2D eigenvalue weighted by Crippen LogP contribution is 2.28. The minimum atomic E-state index is -3.87. The summed E-state index contributed by atoms with van der Waals surface area (Å²) in [5, 5.41) is 9.92. The van der Waals surface area contributed by atoms with Gasteiger partial charge in [0, 0.05) is 11.1 Å². The second-order valence-corrected chi connectivity index (χ2v) is 6.68. The van der Waals surface area contributed by atoms with Gasteiger partial charge in [0.2, 0.25) is 0 Å². The molecule has 0 aliphatic heterocycles. The van der Waals surface area contributed by atoms with E-state index in [1.807, 2.05) is 0 Å². The van der Waals surface area contributed by atoms with Crippen LogP contribution in [0.2, 0.25) is 10.0 Å².